The van der Waals surface area contributed by atoms with Crippen molar-refractivity contribution in [3.8, 4) is 0 Å². The Morgan fingerprint density at radius 3 is 2.87 bits per heavy atom. The fraction of sp³-hybridized carbons (Fsp3) is 0.455. The summed E-state index contributed by atoms with van der Waals surface area (Å²) in [5.74, 6) is -0.760. The first-order valence-electron chi connectivity index (χ1n) is 4.89. The minimum atomic E-state index is -0.760. The minimum absolute atomic E-state index is 0.176. The molecule has 0 aliphatic rings. The Morgan fingerprint density at radius 2 is 2.27 bits per heavy atom. The lowest BCUT2D eigenvalue weighted by Gasteiger charge is -2.15. The molecular formula is C11H16N2O2. The third kappa shape index (κ3) is 4.56. The van der Waals surface area contributed by atoms with Gasteiger partial charge in [-0.05, 0) is 25.1 Å². The van der Waals surface area contributed by atoms with E-state index in [0.29, 0.717) is 6.54 Å². The van der Waals surface area contributed by atoms with Gasteiger partial charge in [0.1, 0.15) is 0 Å². The molecule has 0 spiro atoms. The van der Waals surface area contributed by atoms with E-state index in [1.54, 1.807) is 6.20 Å². The molecule has 4 nitrogen and oxygen atoms in total. The van der Waals surface area contributed by atoms with E-state index in [1.807, 2.05) is 25.1 Å². The van der Waals surface area contributed by atoms with Crippen molar-refractivity contribution >= 4 is 5.97 Å². The number of carboxylic acid groups (broad SMARTS) is 1. The topological polar surface area (TPSA) is 53.4 Å². The first kappa shape index (κ1) is 11.7. The summed E-state index contributed by atoms with van der Waals surface area (Å²) in [4.78, 5) is 16.4. The molecule has 15 heavy (non-hydrogen) atoms. The average Bonchev–Trinajstić information content (AvgIpc) is 2.15. The molecule has 1 aromatic rings. The first-order chi connectivity index (χ1) is 7.08. The molecule has 82 valence electrons. The molecule has 0 fully saturated rings. The zero-order valence-corrected chi connectivity index (χ0v) is 9.10. The predicted octanol–water partition coefficient (Wildman–Crippen LogP) is 1.30. The number of hydrogen-bond acceptors (Lipinski definition) is 3. The van der Waals surface area contributed by atoms with Gasteiger partial charge in [-0.1, -0.05) is 6.07 Å². The summed E-state index contributed by atoms with van der Waals surface area (Å²) < 4.78 is 0. The van der Waals surface area contributed by atoms with E-state index in [2.05, 4.69) is 11.1 Å². The van der Waals surface area contributed by atoms with Crippen LogP contribution in [0.4, 0.5) is 0 Å². The van der Waals surface area contributed by atoms with Crippen LogP contribution in [0.1, 0.15) is 17.5 Å². The molecule has 4 heteroatoms. The fourth-order valence-corrected chi connectivity index (χ4v) is 1.38. The van der Waals surface area contributed by atoms with Crippen molar-refractivity contribution in [2.24, 2.45) is 0 Å². The number of aliphatic carboxylic acids is 1. The molecule has 0 aromatic carbocycles. The molecule has 0 aliphatic heterocycles. The number of pyridine rings is 1. The van der Waals surface area contributed by atoms with Gasteiger partial charge in [0.2, 0.25) is 0 Å². The normalized spacial score (nSPS) is 10.6. The van der Waals surface area contributed by atoms with Gasteiger partial charge in [0.05, 0.1) is 6.42 Å². The molecule has 1 N–H and O–H groups in total. The van der Waals surface area contributed by atoms with Gasteiger partial charge in [0, 0.05) is 25.5 Å². The maximum atomic E-state index is 10.4. The standard InChI is InChI=1S/C11H16N2O2/c1-9-5-10(7-12-6-9)8-13(2)4-3-11(14)15/h5-7H,3-4,8H2,1-2H3,(H,14,15). The van der Waals surface area contributed by atoms with E-state index in [9.17, 15) is 4.79 Å². The molecule has 0 amide bonds. The number of rotatable bonds is 5. The number of hydrogen-bond donors (Lipinski definition) is 1. The van der Waals surface area contributed by atoms with E-state index < -0.39 is 5.97 Å². The Labute approximate surface area is 89.6 Å². The van der Waals surface area contributed by atoms with Crippen molar-refractivity contribution in [3.63, 3.8) is 0 Å². The molecule has 1 rings (SSSR count). The highest BCUT2D eigenvalue weighted by atomic mass is 16.4. The summed E-state index contributed by atoms with van der Waals surface area (Å²) in [7, 11) is 1.91. The number of nitrogens with zero attached hydrogens (tertiary/aromatic N) is 2. The summed E-state index contributed by atoms with van der Waals surface area (Å²) >= 11 is 0. The summed E-state index contributed by atoms with van der Waals surface area (Å²) in [5.41, 5.74) is 2.24. The lowest BCUT2D eigenvalue weighted by Crippen LogP contribution is -2.21. The van der Waals surface area contributed by atoms with Crippen LogP contribution in [0, 0.1) is 6.92 Å². The van der Waals surface area contributed by atoms with Gasteiger partial charge in [0.15, 0.2) is 0 Å². The van der Waals surface area contributed by atoms with Crippen molar-refractivity contribution in [2.75, 3.05) is 13.6 Å². The third-order valence-corrected chi connectivity index (χ3v) is 2.09. The lowest BCUT2D eigenvalue weighted by molar-refractivity contribution is -0.137. The summed E-state index contributed by atoms with van der Waals surface area (Å²) in [6, 6.07) is 2.06. The Balaban J connectivity index is 2.44. The number of carbonyl (C=O) groups is 1. The lowest BCUT2D eigenvalue weighted by atomic mass is 10.2. The molecule has 0 bridgehead atoms. The Kier molecular flexibility index (Phi) is 4.24. The smallest absolute Gasteiger partial charge is 0.304 e. The van der Waals surface area contributed by atoms with Crippen molar-refractivity contribution in [2.45, 2.75) is 19.9 Å². The average molecular weight is 208 g/mol. The van der Waals surface area contributed by atoms with Crippen LogP contribution in [0.3, 0.4) is 0 Å². The monoisotopic (exact) mass is 208 g/mol. The van der Waals surface area contributed by atoms with Crippen LogP contribution >= 0.6 is 0 Å². The SMILES string of the molecule is Cc1cncc(CN(C)CCC(=O)O)c1. The molecule has 0 unspecified atom stereocenters. The van der Waals surface area contributed by atoms with Crippen molar-refractivity contribution in [3.05, 3.63) is 29.6 Å². The maximum Gasteiger partial charge on any atom is 0.304 e. The van der Waals surface area contributed by atoms with Crippen molar-refractivity contribution < 1.29 is 9.90 Å². The van der Waals surface area contributed by atoms with E-state index in [-0.39, 0.29) is 6.42 Å². The van der Waals surface area contributed by atoms with E-state index in [4.69, 9.17) is 5.11 Å². The third-order valence-electron chi connectivity index (χ3n) is 2.09. The van der Waals surface area contributed by atoms with E-state index >= 15 is 0 Å². The van der Waals surface area contributed by atoms with Crippen LogP contribution in [0.15, 0.2) is 18.5 Å². The van der Waals surface area contributed by atoms with Crippen molar-refractivity contribution in [1.82, 2.24) is 9.88 Å². The second kappa shape index (κ2) is 5.46. The van der Waals surface area contributed by atoms with Gasteiger partial charge in [-0.2, -0.15) is 0 Å². The van der Waals surface area contributed by atoms with Gasteiger partial charge >= 0.3 is 5.97 Å². The van der Waals surface area contributed by atoms with Gasteiger partial charge in [-0.15, -0.1) is 0 Å². The van der Waals surface area contributed by atoms with Crippen LogP contribution in [0.2, 0.25) is 0 Å². The molecular weight excluding hydrogens is 192 g/mol. The largest absolute Gasteiger partial charge is 0.481 e. The minimum Gasteiger partial charge on any atom is -0.481 e. The Bertz CT molecular complexity index is 339. The highest BCUT2D eigenvalue weighted by molar-refractivity contribution is 5.66. The predicted molar refractivity (Wildman–Crippen MR) is 57.6 cm³/mol. The number of aromatic nitrogens is 1. The van der Waals surface area contributed by atoms with Crippen LogP contribution in [-0.2, 0) is 11.3 Å². The second-order valence-corrected chi connectivity index (χ2v) is 3.75. The van der Waals surface area contributed by atoms with Crippen LogP contribution < -0.4 is 0 Å². The van der Waals surface area contributed by atoms with E-state index in [0.717, 1.165) is 17.7 Å². The molecule has 1 aromatic heterocycles. The summed E-state index contributed by atoms with van der Waals surface area (Å²) in [5, 5.41) is 8.53. The Hall–Kier alpha value is -1.42. The van der Waals surface area contributed by atoms with Crippen LogP contribution in [0.5, 0.6) is 0 Å². The van der Waals surface area contributed by atoms with Gasteiger partial charge in [0.25, 0.3) is 0 Å². The molecule has 0 saturated heterocycles. The van der Waals surface area contributed by atoms with Crippen molar-refractivity contribution in [1.29, 1.82) is 0 Å². The maximum absolute atomic E-state index is 10.4. The quantitative estimate of drug-likeness (QED) is 0.792. The number of carboxylic acids is 1. The summed E-state index contributed by atoms with van der Waals surface area (Å²) in [6.07, 6.45) is 3.79. The zero-order valence-electron chi connectivity index (χ0n) is 9.10. The second-order valence-electron chi connectivity index (χ2n) is 3.75. The van der Waals surface area contributed by atoms with E-state index in [1.165, 1.54) is 0 Å². The highest BCUT2D eigenvalue weighted by Gasteiger charge is 2.03. The zero-order chi connectivity index (χ0) is 11.3. The van der Waals surface area contributed by atoms with Crippen LogP contribution in [0.25, 0.3) is 0 Å². The Morgan fingerprint density at radius 1 is 1.53 bits per heavy atom. The first-order valence-corrected chi connectivity index (χ1v) is 4.89. The fourth-order valence-electron chi connectivity index (χ4n) is 1.38. The van der Waals surface area contributed by atoms with Gasteiger partial charge in [-0.25, -0.2) is 0 Å². The molecule has 0 aliphatic carbocycles. The number of aryl methyl sites for hydroxylation is 1. The molecule has 0 radical (unpaired) electrons. The molecule has 1 heterocycles. The van der Waals surface area contributed by atoms with Gasteiger partial charge < -0.3 is 10.0 Å². The molecule has 0 saturated carbocycles. The highest BCUT2D eigenvalue weighted by Crippen LogP contribution is 2.04. The molecule has 0 atom stereocenters. The van der Waals surface area contributed by atoms with Gasteiger partial charge in [-0.3, -0.25) is 9.78 Å². The summed E-state index contributed by atoms with van der Waals surface area (Å²) in [6.45, 7) is 3.29. The van der Waals surface area contributed by atoms with Crippen LogP contribution in [-0.4, -0.2) is 34.6 Å².